The smallest absolute Gasteiger partial charge is 0.277 e. The number of thioether (sulfide) groups is 1. The summed E-state index contributed by atoms with van der Waals surface area (Å²) in [6.45, 7) is 2.06. The maximum atomic E-state index is 12.2. The van der Waals surface area contributed by atoms with Gasteiger partial charge in [-0.15, -0.1) is 21.5 Å². The molecule has 2 aromatic heterocycles. The zero-order valence-corrected chi connectivity index (χ0v) is 17.6. The fourth-order valence-electron chi connectivity index (χ4n) is 2.90. The van der Waals surface area contributed by atoms with Crippen molar-refractivity contribution in [1.29, 1.82) is 0 Å². The van der Waals surface area contributed by atoms with Crippen molar-refractivity contribution in [3.05, 3.63) is 65.0 Å². The summed E-state index contributed by atoms with van der Waals surface area (Å²) in [7, 11) is 0. The molecule has 0 spiro atoms. The number of nitrogens with zero attached hydrogens (tertiary/aromatic N) is 3. The maximum absolute atomic E-state index is 12.2. The van der Waals surface area contributed by atoms with E-state index < -0.39 is 0 Å². The summed E-state index contributed by atoms with van der Waals surface area (Å²) in [5.41, 5.74) is 2.98. The Morgan fingerprint density at radius 3 is 2.79 bits per heavy atom. The van der Waals surface area contributed by atoms with Gasteiger partial charge in [-0.1, -0.05) is 49.0 Å². The summed E-state index contributed by atoms with van der Waals surface area (Å²) < 4.78 is 6.84. The standard InChI is InChI=1S/C21H20N4O2S2/c1-2-14-7-3-4-8-15(14)22-18(26)13-28-21-25-24-19(27-21)11-12-20-23-16-9-5-6-10-17(16)29-20/h3-10H,2,11-13H2,1H3,(H,22,26). The van der Waals surface area contributed by atoms with E-state index in [9.17, 15) is 4.79 Å². The van der Waals surface area contributed by atoms with E-state index in [0.29, 0.717) is 17.5 Å². The molecule has 1 N–H and O–H groups in total. The quantitative estimate of drug-likeness (QED) is 0.411. The van der Waals surface area contributed by atoms with Crippen LogP contribution < -0.4 is 5.32 Å². The average molecular weight is 425 g/mol. The maximum Gasteiger partial charge on any atom is 0.277 e. The largest absolute Gasteiger partial charge is 0.416 e. The van der Waals surface area contributed by atoms with Crippen molar-refractivity contribution in [2.75, 3.05) is 11.1 Å². The minimum Gasteiger partial charge on any atom is -0.416 e. The topological polar surface area (TPSA) is 80.9 Å². The summed E-state index contributed by atoms with van der Waals surface area (Å²) in [6.07, 6.45) is 2.24. The highest BCUT2D eigenvalue weighted by Crippen LogP contribution is 2.23. The van der Waals surface area contributed by atoms with Gasteiger partial charge in [0, 0.05) is 18.5 Å². The number of benzene rings is 2. The third kappa shape index (κ3) is 5.02. The van der Waals surface area contributed by atoms with Gasteiger partial charge in [0.25, 0.3) is 5.22 Å². The van der Waals surface area contributed by atoms with Crippen LogP contribution in [0.1, 0.15) is 23.4 Å². The van der Waals surface area contributed by atoms with Crippen molar-refractivity contribution >= 4 is 44.9 Å². The molecule has 2 aromatic carbocycles. The number of hydrogen-bond donors (Lipinski definition) is 1. The molecular formula is C21H20N4O2S2. The summed E-state index contributed by atoms with van der Waals surface area (Å²) in [5, 5.41) is 12.5. The van der Waals surface area contributed by atoms with Crippen molar-refractivity contribution in [3.63, 3.8) is 0 Å². The van der Waals surface area contributed by atoms with Crippen LogP contribution in [0.3, 0.4) is 0 Å². The number of carbonyl (C=O) groups excluding carboxylic acids is 1. The van der Waals surface area contributed by atoms with Crippen LogP contribution >= 0.6 is 23.1 Å². The van der Waals surface area contributed by atoms with Crippen LogP contribution in [0.25, 0.3) is 10.2 Å². The molecule has 0 atom stereocenters. The number of thiazole rings is 1. The highest BCUT2D eigenvalue weighted by atomic mass is 32.2. The summed E-state index contributed by atoms with van der Waals surface area (Å²) in [6, 6.07) is 15.9. The van der Waals surface area contributed by atoms with E-state index >= 15 is 0 Å². The van der Waals surface area contributed by atoms with E-state index in [4.69, 9.17) is 4.42 Å². The Kier molecular flexibility index (Phi) is 6.21. The second-order valence-electron chi connectivity index (χ2n) is 6.38. The third-order valence-corrected chi connectivity index (χ3v) is 6.25. The zero-order chi connectivity index (χ0) is 20.1. The molecule has 0 aliphatic carbocycles. The lowest BCUT2D eigenvalue weighted by Gasteiger charge is -2.08. The Balaban J connectivity index is 1.28. The molecule has 0 fully saturated rings. The molecular weight excluding hydrogens is 404 g/mol. The minimum absolute atomic E-state index is 0.0925. The van der Waals surface area contributed by atoms with Gasteiger partial charge in [0.15, 0.2) is 0 Å². The molecule has 4 rings (SSSR count). The first kappa shape index (κ1) is 19.6. The molecule has 0 bridgehead atoms. The van der Waals surface area contributed by atoms with Crippen LogP contribution in [0.15, 0.2) is 58.2 Å². The number of anilines is 1. The molecule has 29 heavy (non-hydrogen) atoms. The van der Waals surface area contributed by atoms with E-state index in [1.54, 1.807) is 11.3 Å². The predicted molar refractivity (Wildman–Crippen MR) is 116 cm³/mol. The summed E-state index contributed by atoms with van der Waals surface area (Å²) >= 11 is 2.92. The molecule has 0 aliphatic heterocycles. The van der Waals surface area contributed by atoms with Crippen LogP contribution in [0.5, 0.6) is 0 Å². The van der Waals surface area contributed by atoms with Crippen molar-refractivity contribution in [2.45, 2.75) is 31.4 Å². The van der Waals surface area contributed by atoms with Gasteiger partial charge in [0.1, 0.15) is 0 Å². The average Bonchev–Trinajstić information content (AvgIpc) is 3.37. The van der Waals surface area contributed by atoms with Crippen molar-refractivity contribution in [3.8, 4) is 0 Å². The molecule has 2 heterocycles. The van der Waals surface area contributed by atoms with Gasteiger partial charge in [-0.3, -0.25) is 4.79 Å². The van der Waals surface area contributed by atoms with Gasteiger partial charge in [0.05, 0.1) is 21.0 Å². The van der Waals surface area contributed by atoms with Gasteiger partial charge in [-0.25, -0.2) is 4.98 Å². The van der Waals surface area contributed by atoms with E-state index in [1.165, 1.54) is 16.5 Å². The van der Waals surface area contributed by atoms with E-state index in [-0.39, 0.29) is 11.7 Å². The first-order valence-electron chi connectivity index (χ1n) is 9.38. The van der Waals surface area contributed by atoms with E-state index in [1.807, 2.05) is 42.5 Å². The Morgan fingerprint density at radius 1 is 1.10 bits per heavy atom. The fraction of sp³-hybridized carbons (Fsp3) is 0.238. The number of carbonyl (C=O) groups is 1. The normalized spacial score (nSPS) is 11.1. The number of nitrogens with one attached hydrogen (secondary N) is 1. The molecule has 0 saturated heterocycles. The summed E-state index contributed by atoms with van der Waals surface area (Å²) in [5.74, 6) is 0.686. The predicted octanol–water partition coefficient (Wildman–Crippen LogP) is 4.76. The SMILES string of the molecule is CCc1ccccc1NC(=O)CSc1nnc(CCc2nc3ccccc3s2)o1. The van der Waals surface area contributed by atoms with Crippen molar-refractivity contribution in [2.24, 2.45) is 0 Å². The number of hydrogen-bond acceptors (Lipinski definition) is 7. The van der Waals surface area contributed by atoms with Gasteiger partial charge in [0.2, 0.25) is 11.8 Å². The first-order chi connectivity index (χ1) is 14.2. The van der Waals surface area contributed by atoms with Crippen LogP contribution in [0.4, 0.5) is 5.69 Å². The highest BCUT2D eigenvalue weighted by Gasteiger charge is 2.12. The van der Waals surface area contributed by atoms with Crippen LogP contribution in [-0.4, -0.2) is 26.8 Å². The van der Waals surface area contributed by atoms with Gasteiger partial charge in [-0.05, 0) is 30.2 Å². The first-order valence-corrected chi connectivity index (χ1v) is 11.2. The lowest BCUT2D eigenvalue weighted by atomic mass is 10.1. The molecule has 6 nitrogen and oxygen atoms in total. The van der Waals surface area contributed by atoms with Crippen LogP contribution in [0, 0.1) is 0 Å². The molecule has 0 radical (unpaired) electrons. The third-order valence-electron chi connectivity index (χ3n) is 4.34. The number of aromatic nitrogens is 3. The number of fused-ring (bicyclic) bond motifs is 1. The molecule has 1 amide bonds. The Hall–Kier alpha value is -2.71. The van der Waals surface area contributed by atoms with Gasteiger partial charge >= 0.3 is 0 Å². The highest BCUT2D eigenvalue weighted by molar-refractivity contribution is 7.99. The molecule has 4 aromatic rings. The molecule has 0 aliphatic rings. The number of amides is 1. The van der Waals surface area contributed by atoms with Gasteiger partial charge in [-0.2, -0.15) is 0 Å². The van der Waals surface area contributed by atoms with E-state index in [0.717, 1.165) is 34.6 Å². The second-order valence-corrected chi connectivity index (χ2v) is 8.43. The van der Waals surface area contributed by atoms with Gasteiger partial charge < -0.3 is 9.73 Å². The Bertz CT molecular complexity index is 1090. The number of para-hydroxylation sites is 2. The van der Waals surface area contributed by atoms with Crippen molar-refractivity contribution < 1.29 is 9.21 Å². The molecule has 148 valence electrons. The molecule has 0 saturated carbocycles. The van der Waals surface area contributed by atoms with Crippen LogP contribution in [0.2, 0.25) is 0 Å². The minimum atomic E-state index is -0.0925. The van der Waals surface area contributed by atoms with E-state index in [2.05, 4.69) is 33.5 Å². The van der Waals surface area contributed by atoms with Crippen LogP contribution in [-0.2, 0) is 24.1 Å². The second kappa shape index (κ2) is 9.19. The molecule has 0 unspecified atom stereocenters. The Morgan fingerprint density at radius 2 is 1.93 bits per heavy atom. The van der Waals surface area contributed by atoms with Crippen molar-refractivity contribution in [1.82, 2.24) is 15.2 Å². The lowest BCUT2D eigenvalue weighted by molar-refractivity contribution is -0.113. The number of rotatable bonds is 8. The summed E-state index contributed by atoms with van der Waals surface area (Å²) in [4.78, 5) is 16.8. The lowest BCUT2D eigenvalue weighted by Crippen LogP contribution is -2.15. The fourth-order valence-corrected chi connectivity index (χ4v) is 4.45. The Labute approximate surface area is 176 Å². The monoisotopic (exact) mass is 424 g/mol. The number of aryl methyl sites for hydroxylation is 3. The zero-order valence-electron chi connectivity index (χ0n) is 15.9. The molecule has 8 heteroatoms.